The van der Waals surface area contributed by atoms with E-state index >= 15 is 0 Å². The molecule has 1 aliphatic heterocycles. The van der Waals surface area contributed by atoms with Crippen molar-refractivity contribution in [1.82, 2.24) is 9.80 Å². The summed E-state index contributed by atoms with van der Waals surface area (Å²) >= 11 is 0. The summed E-state index contributed by atoms with van der Waals surface area (Å²) in [6.45, 7) is 10.9. The lowest BCUT2D eigenvalue weighted by atomic mass is 9.98. The van der Waals surface area contributed by atoms with Crippen molar-refractivity contribution >= 4 is 17.7 Å². The second-order valence-electron chi connectivity index (χ2n) is 10.8. The van der Waals surface area contributed by atoms with Crippen LogP contribution in [-0.2, 0) is 11.3 Å². The zero-order chi connectivity index (χ0) is 28.2. The van der Waals surface area contributed by atoms with Crippen LogP contribution in [0.4, 0.5) is 14.9 Å². The summed E-state index contributed by atoms with van der Waals surface area (Å²) in [5, 5.41) is 0. The Morgan fingerprint density at radius 1 is 1.00 bits per heavy atom. The number of rotatable bonds is 7. The van der Waals surface area contributed by atoms with Gasteiger partial charge in [-0.1, -0.05) is 49.4 Å². The van der Waals surface area contributed by atoms with Crippen molar-refractivity contribution in [3.8, 4) is 11.1 Å². The molecule has 0 bridgehead atoms. The van der Waals surface area contributed by atoms with Gasteiger partial charge in [0.2, 0.25) is 0 Å². The molecule has 1 heterocycles. The highest BCUT2D eigenvalue weighted by molar-refractivity contribution is 6.09. The maximum atomic E-state index is 13.4. The number of piperazine rings is 1. The van der Waals surface area contributed by atoms with Crippen LogP contribution in [0.1, 0.15) is 50.0 Å². The minimum atomic E-state index is -0.465. The average molecular weight is 532 g/mol. The summed E-state index contributed by atoms with van der Waals surface area (Å²) < 4.78 is 19.1. The molecule has 0 N–H and O–H groups in total. The molecule has 0 saturated carbocycles. The number of carbonyl (C=O) groups is 2. The monoisotopic (exact) mass is 531 g/mol. The van der Waals surface area contributed by atoms with E-state index < -0.39 is 5.60 Å². The van der Waals surface area contributed by atoms with Gasteiger partial charge in [-0.3, -0.25) is 9.69 Å². The molecule has 6 nitrogen and oxygen atoms in total. The zero-order valence-electron chi connectivity index (χ0n) is 23.5. The molecule has 1 saturated heterocycles. The number of ether oxygens (including phenoxy) is 1. The van der Waals surface area contributed by atoms with Crippen molar-refractivity contribution in [2.75, 3.05) is 31.6 Å². The number of amides is 2. The summed E-state index contributed by atoms with van der Waals surface area (Å²) in [4.78, 5) is 31.9. The van der Waals surface area contributed by atoms with Gasteiger partial charge in [-0.2, -0.15) is 0 Å². The first-order valence-corrected chi connectivity index (χ1v) is 13.5. The highest BCUT2D eigenvalue weighted by Gasteiger charge is 2.31. The third-order valence-electron chi connectivity index (χ3n) is 7.51. The lowest BCUT2D eigenvalue weighted by Gasteiger charge is -2.40. The van der Waals surface area contributed by atoms with Crippen molar-refractivity contribution in [3.63, 3.8) is 0 Å². The number of nitrogens with zero attached hydrogens (tertiary/aromatic N) is 3. The van der Waals surface area contributed by atoms with Crippen LogP contribution >= 0.6 is 0 Å². The Balaban J connectivity index is 1.38. The van der Waals surface area contributed by atoms with Crippen molar-refractivity contribution in [2.24, 2.45) is 0 Å². The van der Waals surface area contributed by atoms with E-state index in [0.717, 1.165) is 48.4 Å². The fourth-order valence-corrected chi connectivity index (χ4v) is 4.75. The molecule has 3 aromatic carbocycles. The molecule has 0 spiro atoms. The Morgan fingerprint density at radius 2 is 1.67 bits per heavy atom. The molecule has 3 aromatic rings. The molecule has 1 aliphatic rings. The van der Waals surface area contributed by atoms with Crippen LogP contribution in [0.5, 0.6) is 0 Å². The lowest BCUT2D eigenvalue weighted by Crippen LogP contribution is -2.54. The maximum absolute atomic E-state index is 13.4. The lowest BCUT2D eigenvalue weighted by molar-refractivity contribution is -0.00945. The minimum absolute atomic E-state index is 0.0584. The van der Waals surface area contributed by atoms with E-state index in [1.165, 1.54) is 12.1 Å². The number of anilines is 1. The predicted molar refractivity (Wildman–Crippen MR) is 153 cm³/mol. The Kier molecular flexibility index (Phi) is 8.70. The van der Waals surface area contributed by atoms with Gasteiger partial charge in [0.15, 0.2) is 0 Å². The van der Waals surface area contributed by atoms with E-state index in [9.17, 15) is 14.0 Å². The van der Waals surface area contributed by atoms with E-state index in [0.29, 0.717) is 12.1 Å². The highest BCUT2D eigenvalue weighted by Crippen LogP contribution is 2.27. The SMILES string of the molecule is CCC(C)(C)OC(=O)N1CCN(Cc2ccc(N(C)C(=O)c3ccccc3-c3ccc(F)cc3)cc2)C[C@@H]1C. The third kappa shape index (κ3) is 6.84. The van der Waals surface area contributed by atoms with Crippen molar-refractivity contribution in [3.05, 3.63) is 89.7 Å². The smallest absolute Gasteiger partial charge is 0.410 e. The van der Waals surface area contributed by atoms with Crippen molar-refractivity contribution in [2.45, 2.75) is 52.3 Å². The van der Waals surface area contributed by atoms with Gasteiger partial charge in [-0.25, -0.2) is 9.18 Å². The summed E-state index contributed by atoms with van der Waals surface area (Å²) in [7, 11) is 1.76. The summed E-state index contributed by atoms with van der Waals surface area (Å²) in [5.74, 6) is -0.444. The standard InChI is InChI=1S/C32H38FN3O3/c1-6-32(3,4)39-31(38)36-20-19-35(21-23(36)2)22-24-11-17-27(18-12-24)34(5)30(37)29-10-8-7-9-28(29)25-13-15-26(33)16-14-25/h7-18,23H,6,19-22H2,1-5H3/t23-/m0/s1. The van der Waals surface area contributed by atoms with Gasteiger partial charge >= 0.3 is 6.09 Å². The van der Waals surface area contributed by atoms with Crippen LogP contribution in [-0.4, -0.2) is 60.1 Å². The number of hydrogen-bond donors (Lipinski definition) is 0. The van der Waals surface area contributed by atoms with Crippen LogP contribution in [0.25, 0.3) is 11.1 Å². The van der Waals surface area contributed by atoms with Gasteiger partial charge in [-0.05, 0) is 74.2 Å². The highest BCUT2D eigenvalue weighted by atomic mass is 19.1. The number of hydrogen-bond acceptors (Lipinski definition) is 4. The van der Waals surface area contributed by atoms with Crippen LogP contribution in [0.15, 0.2) is 72.8 Å². The van der Waals surface area contributed by atoms with Gasteiger partial charge in [0.1, 0.15) is 11.4 Å². The molecule has 0 unspecified atom stereocenters. The Labute approximate surface area is 231 Å². The Morgan fingerprint density at radius 3 is 2.31 bits per heavy atom. The second kappa shape index (κ2) is 12.0. The van der Waals surface area contributed by atoms with Crippen molar-refractivity contribution in [1.29, 1.82) is 0 Å². The fourth-order valence-electron chi connectivity index (χ4n) is 4.75. The molecule has 39 heavy (non-hydrogen) atoms. The normalized spacial score (nSPS) is 16.2. The predicted octanol–water partition coefficient (Wildman–Crippen LogP) is 6.60. The third-order valence-corrected chi connectivity index (χ3v) is 7.51. The molecule has 0 radical (unpaired) electrons. The average Bonchev–Trinajstić information content (AvgIpc) is 2.93. The van der Waals surface area contributed by atoms with E-state index in [1.807, 2.05) is 68.1 Å². The maximum Gasteiger partial charge on any atom is 0.410 e. The number of benzene rings is 3. The number of carbonyl (C=O) groups excluding carboxylic acids is 2. The van der Waals surface area contributed by atoms with E-state index in [2.05, 4.69) is 11.8 Å². The van der Waals surface area contributed by atoms with Crippen LogP contribution < -0.4 is 4.90 Å². The molecule has 206 valence electrons. The molecular formula is C32H38FN3O3. The van der Waals surface area contributed by atoms with E-state index in [1.54, 1.807) is 30.1 Å². The van der Waals surface area contributed by atoms with Gasteiger partial charge < -0.3 is 14.5 Å². The Bertz CT molecular complexity index is 1290. The molecule has 0 aliphatic carbocycles. The largest absolute Gasteiger partial charge is 0.443 e. The molecule has 2 amide bonds. The van der Waals surface area contributed by atoms with E-state index in [-0.39, 0.29) is 23.9 Å². The first-order valence-electron chi connectivity index (χ1n) is 13.5. The first kappa shape index (κ1) is 28.3. The van der Waals surface area contributed by atoms with E-state index in [4.69, 9.17) is 4.74 Å². The molecule has 0 aromatic heterocycles. The first-order chi connectivity index (χ1) is 18.6. The van der Waals surface area contributed by atoms with Gasteiger partial charge in [0.05, 0.1) is 0 Å². The summed E-state index contributed by atoms with van der Waals surface area (Å²) in [6.07, 6.45) is 0.525. The molecule has 4 rings (SSSR count). The Hall–Kier alpha value is -3.71. The van der Waals surface area contributed by atoms with Crippen LogP contribution in [0.3, 0.4) is 0 Å². The fraction of sp³-hybridized carbons (Fsp3) is 0.375. The van der Waals surface area contributed by atoms with Gasteiger partial charge in [0.25, 0.3) is 5.91 Å². The second-order valence-corrected chi connectivity index (χ2v) is 10.8. The van der Waals surface area contributed by atoms with Crippen LogP contribution in [0, 0.1) is 5.82 Å². The quantitative estimate of drug-likeness (QED) is 0.345. The summed E-state index contributed by atoms with van der Waals surface area (Å²) in [6, 6.07) is 21.6. The van der Waals surface area contributed by atoms with Crippen molar-refractivity contribution < 1.29 is 18.7 Å². The van der Waals surface area contributed by atoms with Crippen LogP contribution in [0.2, 0.25) is 0 Å². The van der Waals surface area contributed by atoms with Gasteiger partial charge in [-0.15, -0.1) is 0 Å². The molecule has 1 atom stereocenters. The molecule has 1 fully saturated rings. The zero-order valence-corrected chi connectivity index (χ0v) is 23.5. The molecular weight excluding hydrogens is 493 g/mol. The van der Waals surface area contributed by atoms with Gasteiger partial charge in [0, 0.05) is 50.5 Å². The summed E-state index contributed by atoms with van der Waals surface area (Å²) in [5.41, 5.74) is 3.58. The minimum Gasteiger partial charge on any atom is -0.443 e. The number of halogens is 1. The molecule has 7 heteroatoms. The topological polar surface area (TPSA) is 53.1 Å².